The van der Waals surface area contributed by atoms with E-state index in [2.05, 4.69) is 20.8 Å². The van der Waals surface area contributed by atoms with Gasteiger partial charge in [0.25, 0.3) is 0 Å². The lowest BCUT2D eigenvalue weighted by atomic mass is 9.30. The molecule has 9 atom stereocenters. The van der Waals surface area contributed by atoms with Gasteiger partial charge in [-0.2, -0.15) is 0 Å². The predicted molar refractivity (Wildman–Crippen MR) is 182 cm³/mol. The number of carbonyl (C=O) groups is 1. The predicted octanol–water partition coefficient (Wildman–Crippen LogP) is 10.5. The van der Waals surface area contributed by atoms with E-state index in [0.29, 0.717) is 13.0 Å². The van der Waals surface area contributed by atoms with Crippen LogP contribution in [0.15, 0.2) is 0 Å². The molecule has 44 heavy (non-hydrogen) atoms. The van der Waals surface area contributed by atoms with Crippen molar-refractivity contribution in [3.05, 3.63) is 0 Å². The Kier molecular flexibility index (Phi) is 16.4. The molecule has 0 saturated heterocycles. The molecular weight excluding hydrogens is 544 g/mol. The molecule has 4 aliphatic carbocycles. The molecule has 0 spiro atoms. The fourth-order valence-electron chi connectivity index (χ4n) is 9.88. The third-order valence-corrected chi connectivity index (χ3v) is 12.7. The summed E-state index contributed by atoms with van der Waals surface area (Å²) in [5, 5.41) is 9.64. The summed E-state index contributed by atoms with van der Waals surface area (Å²) in [6.45, 7) is 7.77. The Hall–Kier alpha value is -0.610. The lowest BCUT2D eigenvalue weighted by molar-refractivity contribution is -0.264. The van der Waals surface area contributed by atoms with Crippen molar-refractivity contribution in [1.82, 2.24) is 0 Å². The van der Waals surface area contributed by atoms with Crippen molar-refractivity contribution in [1.29, 1.82) is 0 Å². The van der Waals surface area contributed by atoms with Gasteiger partial charge in [0.15, 0.2) is 0 Å². The molecule has 0 aromatic carbocycles. The number of aliphatic hydroxyl groups excluding tert-OH is 1. The first-order chi connectivity index (χ1) is 21.5. The highest BCUT2D eigenvalue weighted by Crippen LogP contribution is 2.74. The van der Waals surface area contributed by atoms with E-state index in [1.54, 1.807) is 25.7 Å². The van der Waals surface area contributed by atoms with Gasteiger partial charge < -0.3 is 14.6 Å². The van der Waals surface area contributed by atoms with Crippen LogP contribution in [0.5, 0.6) is 0 Å². The van der Waals surface area contributed by atoms with Crippen LogP contribution in [0.1, 0.15) is 168 Å². The number of carbonyl (C=O) groups excluding carboxylic acids is 1. The summed E-state index contributed by atoms with van der Waals surface area (Å²) in [7, 11) is 0. The molecule has 4 nitrogen and oxygen atoms in total. The van der Waals surface area contributed by atoms with Gasteiger partial charge in [-0.05, 0) is 91.8 Å². The third-order valence-electron chi connectivity index (χ3n) is 12.7. The lowest BCUT2D eigenvalue weighted by Gasteiger charge is -2.74. The minimum absolute atomic E-state index is 0.0885. The zero-order chi connectivity index (χ0) is 31.1. The van der Waals surface area contributed by atoms with Crippen molar-refractivity contribution in [2.45, 2.75) is 175 Å². The maximum Gasteiger partial charge on any atom is 0.305 e. The number of esters is 1. The van der Waals surface area contributed by atoms with E-state index >= 15 is 0 Å². The van der Waals surface area contributed by atoms with Crippen molar-refractivity contribution in [2.75, 3.05) is 19.8 Å². The summed E-state index contributed by atoms with van der Waals surface area (Å²) in [4.78, 5) is 12.1. The Morgan fingerprint density at radius 3 is 1.95 bits per heavy atom. The Balaban J connectivity index is 0.874. The fraction of sp³-hybridized carbons (Fsp3) is 0.975. The molecule has 0 bridgehead atoms. The normalized spacial score (nSPS) is 29.9. The quantitative estimate of drug-likeness (QED) is 0.0776. The highest BCUT2D eigenvalue weighted by atomic mass is 16.6. The van der Waals surface area contributed by atoms with Gasteiger partial charge in [-0.15, -0.1) is 0 Å². The second-order valence-corrected chi connectivity index (χ2v) is 16.4. The van der Waals surface area contributed by atoms with E-state index in [0.717, 1.165) is 48.9 Å². The Labute approximate surface area is 272 Å². The molecule has 4 fully saturated rings. The van der Waals surface area contributed by atoms with Gasteiger partial charge in [-0.3, -0.25) is 4.79 Å². The average molecular weight is 617 g/mol. The molecule has 4 heteroatoms. The van der Waals surface area contributed by atoms with Crippen LogP contribution in [0.2, 0.25) is 0 Å². The molecule has 0 heterocycles. The summed E-state index contributed by atoms with van der Waals surface area (Å²) >= 11 is 0. The average Bonchev–Trinajstić information content (AvgIpc) is 3.00. The summed E-state index contributed by atoms with van der Waals surface area (Å²) in [5.41, 5.74) is 0. The molecule has 4 saturated carbocycles. The summed E-state index contributed by atoms with van der Waals surface area (Å²) in [6, 6.07) is 0. The Bertz CT molecular complexity index is 775. The van der Waals surface area contributed by atoms with Gasteiger partial charge in [0.05, 0.1) is 6.61 Å². The van der Waals surface area contributed by atoms with Crippen LogP contribution >= 0.6 is 0 Å². The van der Waals surface area contributed by atoms with Crippen LogP contribution in [0.4, 0.5) is 0 Å². The standard InChI is InChI=1S/C40H72O4/c1-30(2)17-14-15-19-31(3)18-11-7-6-9-13-21-38(42)44-29-33(28-41)43-26-16-10-5-4-8-12-20-32-22-23-36-37(27-32)40-35-25-24-34(35)39(36)40/h30-37,39-41H,4-29H2,1-3H3/t31?,32?,33-,34?,35?,36?,37?,39?,40?/m0/s1. The highest BCUT2D eigenvalue weighted by molar-refractivity contribution is 5.69. The number of fused-ring (bicyclic) bond motifs is 7. The maximum absolute atomic E-state index is 12.1. The van der Waals surface area contributed by atoms with Crippen LogP contribution in [0.3, 0.4) is 0 Å². The first kappa shape index (κ1) is 36.2. The number of rotatable bonds is 26. The minimum Gasteiger partial charge on any atom is -0.463 e. The van der Waals surface area contributed by atoms with Gasteiger partial charge >= 0.3 is 5.97 Å². The minimum atomic E-state index is -0.387. The van der Waals surface area contributed by atoms with Crippen LogP contribution in [0, 0.1) is 53.3 Å². The molecule has 8 unspecified atom stereocenters. The second kappa shape index (κ2) is 19.9. The van der Waals surface area contributed by atoms with Crippen LogP contribution in [-0.2, 0) is 14.3 Å². The van der Waals surface area contributed by atoms with Gasteiger partial charge in [0.1, 0.15) is 12.7 Å². The van der Waals surface area contributed by atoms with E-state index in [9.17, 15) is 9.90 Å². The van der Waals surface area contributed by atoms with Crippen molar-refractivity contribution < 1.29 is 19.4 Å². The molecule has 0 amide bonds. The van der Waals surface area contributed by atoms with E-state index in [4.69, 9.17) is 9.47 Å². The van der Waals surface area contributed by atoms with E-state index < -0.39 is 0 Å². The molecule has 4 rings (SSSR count). The summed E-state index contributed by atoms with van der Waals surface area (Å²) in [6.07, 6.45) is 29.6. The number of hydrogen-bond acceptors (Lipinski definition) is 4. The molecule has 0 aromatic heterocycles. The zero-order valence-electron chi connectivity index (χ0n) is 29.3. The summed E-state index contributed by atoms with van der Waals surface area (Å²) < 4.78 is 11.2. The van der Waals surface area contributed by atoms with Gasteiger partial charge in [0, 0.05) is 13.0 Å². The molecule has 0 aromatic rings. The van der Waals surface area contributed by atoms with Gasteiger partial charge in [-0.25, -0.2) is 0 Å². The fourth-order valence-corrected chi connectivity index (χ4v) is 9.88. The Morgan fingerprint density at radius 1 is 0.682 bits per heavy atom. The van der Waals surface area contributed by atoms with Crippen molar-refractivity contribution >= 4 is 5.97 Å². The largest absolute Gasteiger partial charge is 0.463 e. The molecule has 0 radical (unpaired) electrons. The SMILES string of the molecule is CC(C)CCCCC(C)CCCCCCCC(=O)OC[C@H](CO)OCCCCCCCCC1CCC2C(C1)C1C3CCC3C21. The smallest absolute Gasteiger partial charge is 0.305 e. The third kappa shape index (κ3) is 11.3. The van der Waals surface area contributed by atoms with Gasteiger partial charge in [-0.1, -0.05) is 124 Å². The number of aliphatic hydroxyl groups is 1. The van der Waals surface area contributed by atoms with E-state index in [-0.39, 0.29) is 25.3 Å². The maximum atomic E-state index is 12.1. The van der Waals surface area contributed by atoms with Crippen LogP contribution in [-0.4, -0.2) is 37.0 Å². The molecule has 1 N–H and O–H groups in total. The second-order valence-electron chi connectivity index (χ2n) is 16.4. The van der Waals surface area contributed by atoms with Crippen molar-refractivity contribution in [2.24, 2.45) is 53.3 Å². The molecular formula is C40H72O4. The van der Waals surface area contributed by atoms with Crippen molar-refractivity contribution in [3.8, 4) is 0 Å². The van der Waals surface area contributed by atoms with Crippen molar-refractivity contribution in [3.63, 3.8) is 0 Å². The van der Waals surface area contributed by atoms with Crippen LogP contribution < -0.4 is 0 Å². The first-order valence-corrected chi connectivity index (χ1v) is 19.9. The van der Waals surface area contributed by atoms with Crippen LogP contribution in [0.25, 0.3) is 0 Å². The lowest BCUT2D eigenvalue weighted by Crippen LogP contribution is -2.69. The Morgan fingerprint density at radius 2 is 1.25 bits per heavy atom. The number of unbranched alkanes of at least 4 members (excludes halogenated alkanes) is 10. The van der Waals surface area contributed by atoms with E-state index in [1.165, 1.54) is 120 Å². The topological polar surface area (TPSA) is 55.8 Å². The number of ether oxygens (including phenoxy) is 2. The number of hydrogen-bond donors (Lipinski definition) is 1. The molecule has 4 aliphatic rings. The molecule has 256 valence electrons. The monoisotopic (exact) mass is 617 g/mol. The van der Waals surface area contributed by atoms with E-state index in [1.807, 2.05) is 0 Å². The summed E-state index contributed by atoms with van der Waals surface area (Å²) in [5.74, 6) is 9.58. The molecule has 0 aliphatic heterocycles. The van der Waals surface area contributed by atoms with Gasteiger partial charge in [0.2, 0.25) is 0 Å². The highest BCUT2D eigenvalue weighted by Gasteiger charge is 2.68. The zero-order valence-corrected chi connectivity index (χ0v) is 29.3. The first-order valence-electron chi connectivity index (χ1n) is 19.9.